The van der Waals surface area contributed by atoms with E-state index in [0.717, 1.165) is 29.9 Å². The van der Waals surface area contributed by atoms with Crippen molar-refractivity contribution < 1.29 is 0 Å². The minimum Gasteiger partial charge on any atom is -0.237 e. The predicted molar refractivity (Wildman–Crippen MR) is 70.4 cm³/mol. The average Bonchev–Trinajstić information content (AvgIpc) is 2.30. The van der Waals surface area contributed by atoms with Crippen LogP contribution in [0.2, 0.25) is 5.15 Å². The van der Waals surface area contributed by atoms with E-state index >= 15 is 0 Å². The molecule has 2 rings (SSSR count). The first-order valence-electron chi connectivity index (χ1n) is 5.76. The lowest BCUT2D eigenvalue weighted by Crippen LogP contribution is -2.03. The van der Waals surface area contributed by atoms with Crippen LogP contribution in [0.5, 0.6) is 0 Å². The number of hydrogen-bond acceptors (Lipinski definition) is 2. The Morgan fingerprint density at radius 3 is 2.41 bits per heavy atom. The zero-order valence-electron chi connectivity index (χ0n) is 10.1. The van der Waals surface area contributed by atoms with Crippen molar-refractivity contribution in [2.75, 3.05) is 0 Å². The van der Waals surface area contributed by atoms with Crippen molar-refractivity contribution in [1.29, 1.82) is 0 Å². The first-order chi connectivity index (χ1) is 8.20. The Hall–Kier alpha value is -1.41. The van der Waals surface area contributed by atoms with Gasteiger partial charge in [-0.1, -0.05) is 48.9 Å². The molecule has 2 aromatic rings. The minimum absolute atomic E-state index is 0.589. The number of nitrogens with zero attached hydrogens (tertiary/aromatic N) is 2. The van der Waals surface area contributed by atoms with E-state index in [0.29, 0.717) is 5.15 Å². The van der Waals surface area contributed by atoms with Gasteiger partial charge in [-0.3, -0.25) is 0 Å². The fourth-order valence-electron chi connectivity index (χ4n) is 1.88. The molecule has 3 heteroatoms. The Morgan fingerprint density at radius 2 is 1.82 bits per heavy atom. The van der Waals surface area contributed by atoms with Gasteiger partial charge >= 0.3 is 0 Å². The summed E-state index contributed by atoms with van der Waals surface area (Å²) in [6, 6.07) is 10.2. The number of halogens is 1. The Balaban J connectivity index is 2.29. The fraction of sp³-hybridized carbons (Fsp3) is 0.286. The summed E-state index contributed by atoms with van der Waals surface area (Å²) in [5.74, 6) is 0.788. The maximum atomic E-state index is 6.15. The smallest absolute Gasteiger partial charge is 0.136 e. The fourth-order valence-corrected chi connectivity index (χ4v) is 2.24. The topological polar surface area (TPSA) is 25.8 Å². The summed E-state index contributed by atoms with van der Waals surface area (Å²) in [5.41, 5.74) is 3.23. The summed E-state index contributed by atoms with van der Waals surface area (Å²) in [6.45, 7) is 4.05. The third-order valence-electron chi connectivity index (χ3n) is 2.77. The number of rotatable bonds is 3. The maximum absolute atomic E-state index is 6.15. The van der Waals surface area contributed by atoms with Crippen molar-refractivity contribution in [2.24, 2.45) is 0 Å². The summed E-state index contributed by atoms with van der Waals surface area (Å²) in [4.78, 5) is 8.86. The summed E-state index contributed by atoms with van der Waals surface area (Å²) in [5, 5.41) is 0.589. The molecule has 0 unspecified atom stereocenters. The van der Waals surface area contributed by atoms with Crippen LogP contribution in [0.1, 0.15) is 29.6 Å². The third kappa shape index (κ3) is 2.83. The predicted octanol–water partition coefficient (Wildman–Crippen LogP) is 3.59. The van der Waals surface area contributed by atoms with Crippen molar-refractivity contribution in [3.63, 3.8) is 0 Å². The van der Waals surface area contributed by atoms with Gasteiger partial charge in [0.25, 0.3) is 0 Å². The van der Waals surface area contributed by atoms with Crippen LogP contribution in [0.25, 0.3) is 0 Å². The minimum atomic E-state index is 0.589. The summed E-state index contributed by atoms with van der Waals surface area (Å²) in [7, 11) is 0. The van der Waals surface area contributed by atoms with Crippen molar-refractivity contribution in [1.82, 2.24) is 9.97 Å². The molecule has 0 saturated heterocycles. The van der Waals surface area contributed by atoms with Gasteiger partial charge in [0.1, 0.15) is 11.0 Å². The normalized spacial score (nSPS) is 10.5. The van der Waals surface area contributed by atoms with Gasteiger partial charge in [0.15, 0.2) is 0 Å². The highest BCUT2D eigenvalue weighted by atomic mass is 35.5. The summed E-state index contributed by atoms with van der Waals surface area (Å²) >= 11 is 6.15. The van der Waals surface area contributed by atoms with Crippen LogP contribution in [0.3, 0.4) is 0 Å². The zero-order valence-corrected chi connectivity index (χ0v) is 10.8. The van der Waals surface area contributed by atoms with Gasteiger partial charge in [-0.25, -0.2) is 9.97 Å². The van der Waals surface area contributed by atoms with Gasteiger partial charge < -0.3 is 0 Å². The molecule has 1 aromatic carbocycles. The maximum Gasteiger partial charge on any atom is 0.136 e. The molecule has 0 N–H and O–H groups in total. The molecule has 88 valence electrons. The first-order valence-corrected chi connectivity index (χ1v) is 6.14. The van der Waals surface area contributed by atoms with Gasteiger partial charge in [-0.15, -0.1) is 0 Å². The number of aromatic nitrogens is 2. The number of benzene rings is 1. The molecule has 0 fully saturated rings. The van der Waals surface area contributed by atoms with Gasteiger partial charge in [-0.05, 0) is 18.9 Å². The molecule has 0 saturated carbocycles. The Labute approximate surface area is 107 Å². The SMILES string of the molecule is CCc1c(C)nc(Cc2ccccc2)nc1Cl. The van der Waals surface area contributed by atoms with Crippen LogP contribution in [-0.4, -0.2) is 9.97 Å². The van der Waals surface area contributed by atoms with E-state index in [4.69, 9.17) is 11.6 Å². The largest absolute Gasteiger partial charge is 0.237 e. The Bertz CT molecular complexity index is 486. The highest BCUT2D eigenvalue weighted by Crippen LogP contribution is 2.18. The molecule has 0 aliphatic heterocycles. The first kappa shape index (κ1) is 12.1. The second kappa shape index (κ2) is 5.28. The highest BCUT2D eigenvalue weighted by molar-refractivity contribution is 6.30. The van der Waals surface area contributed by atoms with E-state index < -0.39 is 0 Å². The van der Waals surface area contributed by atoms with E-state index in [1.54, 1.807) is 0 Å². The van der Waals surface area contributed by atoms with Crippen molar-refractivity contribution >= 4 is 11.6 Å². The van der Waals surface area contributed by atoms with Crippen LogP contribution in [0, 0.1) is 6.92 Å². The molecule has 0 amide bonds. The molecule has 0 atom stereocenters. The van der Waals surface area contributed by atoms with E-state index in [-0.39, 0.29) is 0 Å². The highest BCUT2D eigenvalue weighted by Gasteiger charge is 2.08. The molecule has 1 heterocycles. The number of hydrogen-bond donors (Lipinski definition) is 0. The molecule has 17 heavy (non-hydrogen) atoms. The van der Waals surface area contributed by atoms with Gasteiger partial charge in [-0.2, -0.15) is 0 Å². The zero-order chi connectivity index (χ0) is 12.3. The molecule has 0 bridgehead atoms. The second-order valence-electron chi connectivity index (χ2n) is 4.01. The van der Waals surface area contributed by atoms with Gasteiger partial charge in [0.2, 0.25) is 0 Å². The van der Waals surface area contributed by atoms with Crippen LogP contribution in [-0.2, 0) is 12.8 Å². The monoisotopic (exact) mass is 246 g/mol. The third-order valence-corrected chi connectivity index (χ3v) is 3.08. The standard InChI is InChI=1S/C14H15ClN2/c1-3-12-10(2)16-13(17-14(12)15)9-11-7-5-4-6-8-11/h4-8H,3,9H2,1-2H3. The lowest BCUT2D eigenvalue weighted by molar-refractivity contribution is 0.905. The van der Waals surface area contributed by atoms with Gasteiger partial charge in [0, 0.05) is 17.7 Å². The van der Waals surface area contributed by atoms with E-state index in [1.165, 1.54) is 5.56 Å². The van der Waals surface area contributed by atoms with Crippen LogP contribution < -0.4 is 0 Å². The van der Waals surface area contributed by atoms with Crippen molar-refractivity contribution in [3.05, 3.63) is 58.1 Å². The number of aryl methyl sites for hydroxylation is 1. The Kier molecular flexibility index (Phi) is 3.75. The molecular weight excluding hydrogens is 232 g/mol. The lowest BCUT2D eigenvalue weighted by Gasteiger charge is -2.07. The molecule has 0 aliphatic carbocycles. The molecular formula is C14H15ClN2. The molecule has 0 radical (unpaired) electrons. The molecule has 1 aromatic heterocycles. The Morgan fingerprint density at radius 1 is 1.12 bits per heavy atom. The second-order valence-corrected chi connectivity index (χ2v) is 4.37. The molecule has 0 spiro atoms. The lowest BCUT2D eigenvalue weighted by atomic mass is 10.1. The van der Waals surface area contributed by atoms with Crippen molar-refractivity contribution in [2.45, 2.75) is 26.7 Å². The summed E-state index contributed by atoms with van der Waals surface area (Å²) < 4.78 is 0. The van der Waals surface area contributed by atoms with Crippen LogP contribution in [0.15, 0.2) is 30.3 Å². The van der Waals surface area contributed by atoms with E-state index in [2.05, 4.69) is 29.0 Å². The molecule has 2 nitrogen and oxygen atoms in total. The molecule has 0 aliphatic rings. The summed E-state index contributed by atoms with van der Waals surface area (Å²) in [6.07, 6.45) is 1.60. The van der Waals surface area contributed by atoms with Crippen LogP contribution >= 0.6 is 11.6 Å². The average molecular weight is 247 g/mol. The van der Waals surface area contributed by atoms with E-state index in [9.17, 15) is 0 Å². The van der Waals surface area contributed by atoms with Crippen molar-refractivity contribution in [3.8, 4) is 0 Å². The van der Waals surface area contributed by atoms with Gasteiger partial charge in [0.05, 0.1) is 0 Å². The van der Waals surface area contributed by atoms with E-state index in [1.807, 2.05) is 25.1 Å². The quantitative estimate of drug-likeness (QED) is 0.774. The van der Waals surface area contributed by atoms with Crippen LogP contribution in [0.4, 0.5) is 0 Å².